The fourth-order valence-corrected chi connectivity index (χ4v) is 1.59. The summed E-state index contributed by atoms with van der Waals surface area (Å²) in [5.74, 6) is -0.936. The highest BCUT2D eigenvalue weighted by atomic mass is 16.4. The van der Waals surface area contributed by atoms with Crippen molar-refractivity contribution in [3.05, 3.63) is 42.0 Å². The molecule has 0 aliphatic rings. The Kier molecular flexibility index (Phi) is 3.44. The van der Waals surface area contributed by atoms with Crippen LogP contribution in [0.4, 0.5) is 0 Å². The predicted molar refractivity (Wildman–Crippen MR) is 59.5 cm³/mol. The second-order valence-corrected chi connectivity index (χ2v) is 3.57. The van der Waals surface area contributed by atoms with Crippen molar-refractivity contribution in [3.8, 4) is 0 Å². The van der Waals surface area contributed by atoms with Crippen LogP contribution in [0, 0.1) is 0 Å². The van der Waals surface area contributed by atoms with Crippen molar-refractivity contribution in [2.24, 2.45) is 0 Å². The van der Waals surface area contributed by atoms with E-state index in [9.17, 15) is 4.79 Å². The van der Waals surface area contributed by atoms with E-state index in [1.807, 2.05) is 0 Å². The van der Waals surface area contributed by atoms with Gasteiger partial charge in [-0.15, -0.1) is 5.10 Å². The summed E-state index contributed by atoms with van der Waals surface area (Å²) < 4.78 is 1.71. The highest BCUT2D eigenvalue weighted by Crippen LogP contribution is 2.08. The zero-order valence-electron chi connectivity index (χ0n) is 9.15. The number of rotatable bonds is 5. The number of aromatic carboxylic acids is 1. The van der Waals surface area contributed by atoms with Gasteiger partial charge in [0.1, 0.15) is 0 Å². The first-order valence-electron chi connectivity index (χ1n) is 5.28. The van der Waals surface area contributed by atoms with E-state index in [-0.39, 0.29) is 5.56 Å². The van der Waals surface area contributed by atoms with Gasteiger partial charge in [-0.05, 0) is 25.0 Å². The third-order valence-electron chi connectivity index (χ3n) is 2.39. The zero-order valence-corrected chi connectivity index (χ0v) is 9.15. The van der Waals surface area contributed by atoms with Gasteiger partial charge in [-0.1, -0.05) is 5.21 Å². The lowest BCUT2D eigenvalue weighted by atomic mass is 10.1. The van der Waals surface area contributed by atoms with Gasteiger partial charge in [0, 0.05) is 18.9 Å². The fraction of sp³-hybridized carbons (Fsp3) is 0.273. The Bertz CT molecular complexity index is 496. The van der Waals surface area contributed by atoms with Crippen LogP contribution in [0.1, 0.15) is 22.5 Å². The molecule has 0 radical (unpaired) electrons. The molecular weight excluding hydrogens is 220 g/mol. The van der Waals surface area contributed by atoms with E-state index in [1.165, 1.54) is 0 Å². The van der Waals surface area contributed by atoms with Crippen LogP contribution >= 0.6 is 0 Å². The lowest BCUT2D eigenvalue weighted by molar-refractivity contribution is 0.0695. The average Bonchev–Trinajstić information content (AvgIpc) is 2.82. The molecule has 2 aromatic rings. The molecule has 0 spiro atoms. The summed E-state index contributed by atoms with van der Waals surface area (Å²) in [7, 11) is 0. The molecule has 0 aromatic carbocycles. The number of hydrogen-bond acceptors (Lipinski definition) is 4. The minimum atomic E-state index is -0.936. The van der Waals surface area contributed by atoms with Gasteiger partial charge in [0.2, 0.25) is 0 Å². The van der Waals surface area contributed by atoms with Crippen molar-refractivity contribution in [1.29, 1.82) is 0 Å². The van der Waals surface area contributed by atoms with E-state index < -0.39 is 5.97 Å². The smallest absolute Gasteiger partial charge is 0.337 e. The first-order chi connectivity index (χ1) is 8.27. The first-order valence-corrected chi connectivity index (χ1v) is 5.28. The lowest BCUT2D eigenvalue weighted by Gasteiger charge is -2.04. The van der Waals surface area contributed by atoms with Gasteiger partial charge in [-0.3, -0.25) is 9.67 Å². The van der Waals surface area contributed by atoms with E-state index in [4.69, 9.17) is 5.11 Å². The molecule has 0 aliphatic carbocycles. The van der Waals surface area contributed by atoms with Gasteiger partial charge in [0.25, 0.3) is 0 Å². The topological polar surface area (TPSA) is 80.9 Å². The van der Waals surface area contributed by atoms with E-state index in [0.717, 1.165) is 6.42 Å². The van der Waals surface area contributed by atoms with Crippen LogP contribution in [0.2, 0.25) is 0 Å². The van der Waals surface area contributed by atoms with Crippen LogP contribution in [0.3, 0.4) is 0 Å². The SMILES string of the molecule is O=C(O)c1cccnc1CCCn1ccnn1. The fourth-order valence-electron chi connectivity index (χ4n) is 1.59. The molecule has 0 aliphatic heterocycles. The number of hydrogen-bond donors (Lipinski definition) is 1. The number of carbonyl (C=O) groups is 1. The Morgan fingerprint density at radius 3 is 3.00 bits per heavy atom. The maximum atomic E-state index is 10.9. The molecule has 88 valence electrons. The van der Waals surface area contributed by atoms with Crippen LogP contribution in [-0.4, -0.2) is 31.1 Å². The first kappa shape index (κ1) is 11.3. The van der Waals surface area contributed by atoms with E-state index in [1.54, 1.807) is 35.4 Å². The van der Waals surface area contributed by atoms with Crippen LogP contribution in [0.25, 0.3) is 0 Å². The average molecular weight is 232 g/mol. The third kappa shape index (κ3) is 2.87. The van der Waals surface area contributed by atoms with E-state index in [2.05, 4.69) is 15.3 Å². The van der Waals surface area contributed by atoms with Gasteiger partial charge in [-0.25, -0.2) is 4.79 Å². The zero-order chi connectivity index (χ0) is 12.1. The highest BCUT2D eigenvalue weighted by molar-refractivity contribution is 5.88. The second-order valence-electron chi connectivity index (χ2n) is 3.57. The minimum Gasteiger partial charge on any atom is -0.478 e. The number of pyridine rings is 1. The van der Waals surface area contributed by atoms with Crippen molar-refractivity contribution < 1.29 is 9.90 Å². The number of nitrogens with zero attached hydrogens (tertiary/aromatic N) is 4. The number of carboxylic acid groups (broad SMARTS) is 1. The largest absolute Gasteiger partial charge is 0.478 e. The Balaban J connectivity index is 1.97. The third-order valence-corrected chi connectivity index (χ3v) is 2.39. The molecular formula is C11H12N4O2. The summed E-state index contributed by atoms with van der Waals surface area (Å²) in [5.41, 5.74) is 0.881. The molecule has 0 amide bonds. The molecule has 2 rings (SSSR count). The standard InChI is InChI=1S/C11H12N4O2/c16-11(17)9-3-1-5-12-10(9)4-2-7-15-8-6-13-14-15/h1,3,5-6,8H,2,4,7H2,(H,16,17). The molecule has 2 heterocycles. The normalized spacial score (nSPS) is 10.4. The molecule has 0 unspecified atom stereocenters. The van der Waals surface area contributed by atoms with Crippen molar-refractivity contribution in [2.45, 2.75) is 19.4 Å². The quantitative estimate of drug-likeness (QED) is 0.831. The maximum Gasteiger partial charge on any atom is 0.337 e. The summed E-state index contributed by atoms with van der Waals surface area (Å²) >= 11 is 0. The monoisotopic (exact) mass is 232 g/mol. The highest BCUT2D eigenvalue weighted by Gasteiger charge is 2.09. The van der Waals surface area contributed by atoms with Crippen LogP contribution in [0.15, 0.2) is 30.7 Å². The molecule has 1 N–H and O–H groups in total. The Labute approximate surface area is 97.9 Å². The van der Waals surface area contributed by atoms with Crippen molar-refractivity contribution in [1.82, 2.24) is 20.0 Å². The maximum absolute atomic E-state index is 10.9. The van der Waals surface area contributed by atoms with E-state index in [0.29, 0.717) is 18.7 Å². The lowest BCUT2D eigenvalue weighted by Crippen LogP contribution is -2.06. The minimum absolute atomic E-state index is 0.270. The van der Waals surface area contributed by atoms with E-state index >= 15 is 0 Å². The summed E-state index contributed by atoms with van der Waals surface area (Å²) in [6, 6.07) is 3.20. The van der Waals surface area contributed by atoms with Crippen LogP contribution in [-0.2, 0) is 13.0 Å². The van der Waals surface area contributed by atoms with Crippen molar-refractivity contribution >= 4 is 5.97 Å². The molecule has 6 heteroatoms. The van der Waals surface area contributed by atoms with Crippen LogP contribution < -0.4 is 0 Å². The molecule has 0 saturated heterocycles. The van der Waals surface area contributed by atoms with Crippen molar-refractivity contribution in [3.63, 3.8) is 0 Å². The van der Waals surface area contributed by atoms with Crippen molar-refractivity contribution in [2.75, 3.05) is 0 Å². The molecule has 0 bridgehead atoms. The molecule has 0 saturated carbocycles. The molecule has 17 heavy (non-hydrogen) atoms. The van der Waals surface area contributed by atoms with Gasteiger partial charge >= 0.3 is 5.97 Å². The van der Waals surface area contributed by atoms with Gasteiger partial charge in [0.15, 0.2) is 0 Å². The number of aryl methyl sites for hydroxylation is 2. The Morgan fingerprint density at radius 1 is 1.41 bits per heavy atom. The molecule has 2 aromatic heterocycles. The van der Waals surface area contributed by atoms with Crippen LogP contribution in [0.5, 0.6) is 0 Å². The predicted octanol–water partition coefficient (Wildman–Crippen LogP) is 1.00. The second kappa shape index (κ2) is 5.20. The summed E-state index contributed by atoms with van der Waals surface area (Å²) in [6.07, 6.45) is 6.39. The van der Waals surface area contributed by atoms with Gasteiger partial charge in [-0.2, -0.15) is 0 Å². The number of aromatic nitrogens is 4. The molecule has 6 nitrogen and oxygen atoms in total. The molecule has 0 atom stereocenters. The number of carboxylic acids is 1. The summed E-state index contributed by atoms with van der Waals surface area (Å²) in [6.45, 7) is 0.704. The molecule has 0 fully saturated rings. The Morgan fingerprint density at radius 2 is 2.29 bits per heavy atom. The Hall–Kier alpha value is -2.24. The van der Waals surface area contributed by atoms with Gasteiger partial charge in [0.05, 0.1) is 17.5 Å². The summed E-state index contributed by atoms with van der Waals surface area (Å²) in [5, 5.41) is 16.5. The van der Waals surface area contributed by atoms with Gasteiger partial charge < -0.3 is 5.11 Å². The summed E-state index contributed by atoms with van der Waals surface area (Å²) in [4.78, 5) is 15.0.